The third-order valence-electron chi connectivity index (χ3n) is 5.33. The number of alkyl halides is 1. The van der Waals surface area contributed by atoms with Gasteiger partial charge in [0, 0.05) is 17.5 Å². The van der Waals surface area contributed by atoms with E-state index in [0.29, 0.717) is 11.3 Å². The summed E-state index contributed by atoms with van der Waals surface area (Å²) in [6.07, 6.45) is -5.63. The van der Waals surface area contributed by atoms with Crippen LogP contribution >= 0.6 is 22.9 Å². The number of nitrogens with zero attached hydrogens (tertiary/aromatic N) is 5. The Hall–Kier alpha value is -3.51. The Kier molecular flexibility index (Phi) is 6.76. The highest BCUT2D eigenvalue weighted by molar-refractivity contribution is 7.13. The Morgan fingerprint density at radius 2 is 1.94 bits per heavy atom. The van der Waals surface area contributed by atoms with E-state index in [0.717, 1.165) is 17.1 Å². The van der Waals surface area contributed by atoms with Crippen LogP contribution in [0.1, 0.15) is 20.9 Å². The Balaban J connectivity index is 1.56. The van der Waals surface area contributed by atoms with E-state index < -0.39 is 61.1 Å². The summed E-state index contributed by atoms with van der Waals surface area (Å²) in [6, 6.07) is 0. The monoisotopic (exact) mass is 546 g/mol. The van der Waals surface area contributed by atoms with Gasteiger partial charge in [0.25, 0.3) is 5.60 Å². The first-order valence-corrected chi connectivity index (χ1v) is 11.1. The van der Waals surface area contributed by atoms with Crippen molar-refractivity contribution in [2.24, 2.45) is 0 Å². The van der Waals surface area contributed by atoms with Crippen LogP contribution in [0.25, 0.3) is 11.2 Å². The number of ether oxygens (including phenoxy) is 2. The van der Waals surface area contributed by atoms with Crippen molar-refractivity contribution in [3.05, 3.63) is 27.7 Å². The van der Waals surface area contributed by atoms with Crippen molar-refractivity contribution >= 4 is 57.8 Å². The van der Waals surface area contributed by atoms with Gasteiger partial charge in [0.05, 0.1) is 12.9 Å². The number of aromatic nitrogens is 5. The van der Waals surface area contributed by atoms with Crippen molar-refractivity contribution in [1.29, 1.82) is 0 Å². The van der Waals surface area contributed by atoms with Crippen molar-refractivity contribution in [3.63, 3.8) is 0 Å². The smallest absolute Gasteiger partial charge is 0.365 e. The van der Waals surface area contributed by atoms with Crippen LogP contribution in [-0.4, -0.2) is 93.4 Å². The quantitative estimate of drug-likeness (QED) is 0.175. The lowest BCUT2D eigenvalue weighted by Gasteiger charge is -2.26. The van der Waals surface area contributed by atoms with Crippen LogP contribution in [-0.2, 0) is 25.5 Å². The minimum Gasteiger partial charge on any atom is -0.479 e. The minimum atomic E-state index is -2.91. The average molecular weight is 547 g/mol. The molecule has 4 rings (SSSR count). The lowest BCUT2D eigenvalue weighted by molar-refractivity contribution is -0.189. The number of hydrogen-bond acceptors (Lipinski definition) is 12. The van der Waals surface area contributed by atoms with Crippen molar-refractivity contribution in [2.75, 3.05) is 12.3 Å². The number of aliphatic hydroxyl groups excluding tert-OH is 1. The normalized spacial score (nSPS) is 22.2. The Labute approximate surface area is 207 Å². The summed E-state index contributed by atoms with van der Waals surface area (Å²) in [5.41, 5.74) is 2.91. The molecule has 0 saturated carbocycles. The summed E-state index contributed by atoms with van der Waals surface area (Å²) >= 11 is 6.37. The molecule has 3 aromatic heterocycles. The molecule has 4 heterocycles. The van der Waals surface area contributed by atoms with E-state index in [4.69, 9.17) is 31.9 Å². The predicted molar refractivity (Wildman–Crippen MR) is 116 cm³/mol. The van der Waals surface area contributed by atoms with E-state index >= 15 is 4.39 Å². The molecule has 0 aliphatic carbocycles. The molecule has 1 aliphatic heterocycles. The highest BCUT2D eigenvalue weighted by Gasteiger charge is 2.52. The second kappa shape index (κ2) is 9.51. The van der Waals surface area contributed by atoms with Gasteiger partial charge in [-0.05, 0) is 11.6 Å². The highest BCUT2D eigenvalue weighted by atomic mass is 35.5. The minimum absolute atomic E-state index is 0.00114. The van der Waals surface area contributed by atoms with Gasteiger partial charge in [0.15, 0.2) is 23.9 Å². The van der Waals surface area contributed by atoms with E-state index in [1.807, 2.05) is 0 Å². The highest BCUT2D eigenvalue weighted by Crippen LogP contribution is 2.35. The van der Waals surface area contributed by atoms with E-state index in [1.54, 1.807) is 0 Å². The number of halogens is 2. The number of aliphatic carboxylic acids is 2. The van der Waals surface area contributed by atoms with Gasteiger partial charge < -0.3 is 35.6 Å². The number of nitrogen functional groups attached to an aromatic ring is 1. The van der Waals surface area contributed by atoms with Crippen LogP contribution in [0.2, 0.25) is 5.28 Å². The summed E-state index contributed by atoms with van der Waals surface area (Å²) in [5.74, 6) is -5.29. The molecular formula is C18H16ClFN6O9S. The number of anilines is 1. The largest absolute Gasteiger partial charge is 0.479 e. The number of nitrogens with two attached hydrogens (primary N) is 1. The van der Waals surface area contributed by atoms with Crippen LogP contribution < -0.4 is 5.73 Å². The van der Waals surface area contributed by atoms with Crippen molar-refractivity contribution in [3.8, 4) is 0 Å². The van der Waals surface area contributed by atoms with Crippen LogP contribution in [0.5, 0.6) is 0 Å². The summed E-state index contributed by atoms with van der Waals surface area (Å²) in [7, 11) is 0. The Morgan fingerprint density at radius 1 is 1.25 bits per heavy atom. The lowest BCUT2D eigenvalue weighted by atomic mass is 9.98. The van der Waals surface area contributed by atoms with Gasteiger partial charge in [0.2, 0.25) is 10.3 Å². The van der Waals surface area contributed by atoms with Gasteiger partial charge in [-0.15, -0.1) is 11.3 Å². The molecule has 0 aromatic carbocycles. The zero-order chi connectivity index (χ0) is 26.4. The molecule has 0 bridgehead atoms. The number of imidazole rings is 1. The number of aromatic carboxylic acids is 1. The molecule has 0 amide bonds. The summed E-state index contributed by atoms with van der Waals surface area (Å²) in [6.45, 7) is -0.855. The van der Waals surface area contributed by atoms with Crippen LogP contribution in [0.4, 0.5) is 10.2 Å². The van der Waals surface area contributed by atoms with Crippen LogP contribution in [0.15, 0.2) is 12.5 Å². The summed E-state index contributed by atoms with van der Waals surface area (Å²) in [5, 5.41) is 38.1. The molecule has 6 N–H and O–H groups in total. The third kappa shape index (κ3) is 4.42. The molecule has 1 saturated heterocycles. The number of carbonyl (C=O) groups is 3. The second-order valence-corrected chi connectivity index (χ2v) is 9.02. The number of carboxylic acid groups (broad SMARTS) is 3. The number of aliphatic hydroxyl groups is 1. The van der Waals surface area contributed by atoms with Gasteiger partial charge in [-0.3, -0.25) is 4.57 Å². The number of hydrogen-bond donors (Lipinski definition) is 5. The van der Waals surface area contributed by atoms with E-state index in [1.165, 1.54) is 0 Å². The fourth-order valence-corrected chi connectivity index (χ4v) is 4.53. The predicted octanol–water partition coefficient (Wildman–Crippen LogP) is -0.0197. The van der Waals surface area contributed by atoms with Gasteiger partial charge in [0.1, 0.15) is 17.7 Å². The molecule has 18 heteroatoms. The molecule has 4 atom stereocenters. The molecule has 3 aromatic rings. The molecule has 0 spiro atoms. The van der Waals surface area contributed by atoms with Gasteiger partial charge in [-0.2, -0.15) is 9.97 Å². The Bertz CT molecular complexity index is 1340. The summed E-state index contributed by atoms with van der Waals surface area (Å²) in [4.78, 5) is 50.2. The molecule has 0 radical (unpaired) electrons. The molecule has 0 unspecified atom stereocenters. The average Bonchev–Trinajstić information content (AvgIpc) is 3.50. The lowest BCUT2D eigenvalue weighted by Crippen LogP contribution is -2.52. The number of rotatable bonds is 9. The zero-order valence-corrected chi connectivity index (χ0v) is 19.3. The molecule has 36 heavy (non-hydrogen) atoms. The number of thiazole rings is 1. The maximum atomic E-state index is 15.0. The van der Waals surface area contributed by atoms with E-state index in [2.05, 4.69) is 19.9 Å². The van der Waals surface area contributed by atoms with Crippen molar-refractivity contribution in [1.82, 2.24) is 24.5 Å². The fraction of sp³-hybridized carbons (Fsp3) is 0.389. The SMILES string of the molecule is Nc1nc(Cl)nc2c1ncn2[C@@H]1O[C@H](COC(Cc2cnc(C(=O)O)s2)(C(=O)O)C(=O)O)[C@@H](O)[C@@H]1F. The number of carboxylic acids is 3. The maximum absolute atomic E-state index is 15.0. The molecular weight excluding hydrogens is 531 g/mol. The maximum Gasteiger partial charge on any atom is 0.365 e. The Morgan fingerprint density at radius 3 is 2.56 bits per heavy atom. The van der Waals surface area contributed by atoms with Gasteiger partial charge in [-0.25, -0.2) is 28.7 Å². The molecule has 192 valence electrons. The van der Waals surface area contributed by atoms with E-state index in [-0.39, 0.29) is 32.2 Å². The first-order valence-electron chi connectivity index (χ1n) is 9.86. The van der Waals surface area contributed by atoms with Crippen LogP contribution in [0.3, 0.4) is 0 Å². The molecule has 1 aliphatic rings. The summed E-state index contributed by atoms with van der Waals surface area (Å²) < 4.78 is 26.8. The first-order chi connectivity index (χ1) is 16.9. The van der Waals surface area contributed by atoms with Crippen LogP contribution in [0, 0.1) is 0 Å². The van der Waals surface area contributed by atoms with E-state index in [9.17, 15) is 29.7 Å². The van der Waals surface area contributed by atoms with Crippen molar-refractivity contribution in [2.45, 2.75) is 36.6 Å². The van der Waals surface area contributed by atoms with Crippen molar-refractivity contribution < 1.29 is 48.7 Å². The first kappa shape index (κ1) is 25.6. The zero-order valence-electron chi connectivity index (χ0n) is 17.7. The standard InChI is InChI=1S/C18H16ClFN6O9S/c19-17-24-10(21)8-11(25-17)26(4-23-8)13-7(20)9(27)6(35-13)3-34-18(15(30)31,16(32)33)1-5-2-22-12(36-5)14(28)29/h2,4,6-7,9,13,27H,1,3H2,(H,28,29)(H,30,31)(H,32,33)(H2,21,24,25)/t6-,7+,9-,13-/m1/s1. The van der Waals surface area contributed by atoms with Gasteiger partial charge >= 0.3 is 17.9 Å². The molecule has 1 fully saturated rings. The third-order valence-corrected chi connectivity index (χ3v) is 6.49. The molecule has 15 nitrogen and oxygen atoms in total. The topological polar surface area (TPSA) is 233 Å². The fourth-order valence-electron chi connectivity index (χ4n) is 3.54. The van der Waals surface area contributed by atoms with Gasteiger partial charge in [-0.1, -0.05) is 0 Å². The number of fused-ring (bicyclic) bond motifs is 1. The second-order valence-electron chi connectivity index (χ2n) is 7.56.